The summed E-state index contributed by atoms with van der Waals surface area (Å²) in [6.45, 7) is -0.548. The molecule has 370 valence electrons. The predicted octanol–water partition coefficient (Wildman–Crippen LogP) is 4.40. The van der Waals surface area contributed by atoms with E-state index in [1.165, 1.54) is 42.3 Å². The maximum absolute atomic E-state index is 13.5. The van der Waals surface area contributed by atoms with Gasteiger partial charge >= 0.3 is 23.3 Å². The molecular formula is C48H52N5O15PS. The number of esters is 2. The normalized spacial score (nSPS) is 20.8. The van der Waals surface area contributed by atoms with E-state index >= 15 is 0 Å². The first kappa shape index (κ1) is 51.4. The molecule has 0 aliphatic carbocycles. The zero-order chi connectivity index (χ0) is 50.2. The number of nitrogens with one attached hydrogen (secondary N) is 2. The Labute approximate surface area is 406 Å². The van der Waals surface area contributed by atoms with Gasteiger partial charge in [-0.3, -0.25) is 38.3 Å². The molecule has 0 spiro atoms. The van der Waals surface area contributed by atoms with Crippen molar-refractivity contribution in [1.29, 1.82) is 5.26 Å². The fourth-order valence-corrected chi connectivity index (χ4v) is 10.8. The summed E-state index contributed by atoms with van der Waals surface area (Å²) in [6.07, 6.45) is -4.36. The Morgan fingerprint density at radius 1 is 0.771 bits per heavy atom. The highest BCUT2D eigenvalue weighted by Gasteiger charge is 2.46. The van der Waals surface area contributed by atoms with Crippen molar-refractivity contribution in [3.63, 3.8) is 0 Å². The second-order valence-corrected chi connectivity index (χ2v) is 20.2. The van der Waals surface area contributed by atoms with Crippen molar-refractivity contribution in [3.8, 4) is 17.6 Å². The molecule has 0 bridgehead atoms. The van der Waals surface area contributed by atoms with E-state index in [1.54, 1.807) is 14.2 Å². The number of ether oxygens (including phenoxy) is 7. The van der Waals surface area contributed by atoms with Gasteiger partial charge in [0.05, 0.1) is 46.0 Å². The first-order valence-electron chi connectivity index (χ1n) is 22.1. The van der Waals surface area contributed by atoms with Crippen molar-refractivity contribution in [1.82, 2.24) is 19.1 Å². The quantitative estimate of drug-likeness (QED) is 0.0474. The Morgan fingerprint density at radius 2 is 1.27 bits per heavy atom. The van der Waals surface area contributed by atoms with Crippen molar-refractivity contribution in [3.05, 3.63) is 161 Å². The number of aromatic amines is 2. The summed E-state index contributed by atoms with van der Waals surface area (Å²) >= 11 is 6.14. The van der Waals surface area contributed by atoms with Gasteiger partial charge in [-0.15, -0.1) is 0 Å². The number of hydrogen-bond donors (Lipinski definition) is 2. The Bertz CT molecular complexity index is 2940. The van der Waals surface area contributed by atoms with Crippen LogP contribution in [0.1, 0.15) is 66.5 Å². The molecule has 70 heavy (non-hydrogen) atoms. The van der Waals surface area contributed by atoms with Gasteiger partial charge in [-0.25, -0.2) is 9.59 Å². The van der Waals surface area contributed by atoms with Crippen molar-refractivity contribution in [2.75, 3.05) is 40.2 Å². The Balaban J connectivity index is 1.27. The minimum Gasteiger partial charge on any atom is -0.497 e. The number of hydrogen-bond acceptors (Lipinski definition) is 17. The number of aryl methyl sites for hydroxylation is 2. The van der Waals surface area contributed by atoms with Gasteiger partial charge in [0.25, 0.3) is 11.1 Å². The fraction of sp³-hybridized carbons (Fsp3) is 0.396. The maximum atomic E-state index is 13.5. The van der Waals surface area contributed by atoms with Crippen LogP contribution in [0, 0.1) is 25.2 Å². The van der Waals surface area contributed by atoms with Gasteiger partial charge in [-0.1, -0.05) is 54.6 Å². The summed E-state index contributed by atoms with van der Waals surface area (Å²) < 4.78 is 57.6. The number of nitriles is 1. The van der Waals surface area contributed by atoms with Crippen LogP contribution in [0.25, 0.3) is 0 Å². The van der Waals surface area contributed by atoms with Gasteiger partial charge in [0.15, 0.2) is 6.49 Å². The average molecular weight is 1000 g/mol. The van der Waals surface area contributed by atoms with Gasteiger partial charge in [0.2, 0.25) is 0 Å². The standard InChI is InChI=1S/C48H52N5O15PS/c1-29-24-52(46(58)50-44(29)56)41-22-37(65-31(3)54)40(67-41)27-64-69(70,28-43(55)62-21-9-20-49)68-38-23-42(53-25-30(2)45(57)51-47(53)59)66-39(38)26-63-48(32-10-7-6-8-11-32,33-12-16-35(60-4)17-13-33)34-14-18-36(61-5)19-15-34/h6-8,10-19,24-25,37-42H,9,21-23,26-28H2,1-5H3,(H,50,56,58)(H,51,57,59)/t37-,38-,39+,40+,41+,42+,69?/m0/s1. The lowest BCUT2D eigenvalue weighted by Crippen LogP contribution is -2.39. The summed E-state index contributed by atoms with van der Waals surface area (Å²) in [4.78, 5) is 81.3. The third-order valence-corrected chi connectivity index (χ3v) is 14.5. The van der Waals surface area contributed by atoms with Crippen LogP contribution in [0.3, 0.4) is 0 Å². The number of rotatable bonds is 20. The molecule has 0 amide bonds. The fourth-order valence-electron chi connectivity index (χ4n) is 8.29. The molecule has 7 rings (SSSR count). The predicted molar refractivity (Wildman–Crippen MR) is 254 cm³/mol. The molecule has 1 unspecified atom stereocenters. The smallest absolute Gasteiger partial charge is 0.330 e. The molecule has 2 aliphatic rings. The van der Waals surface area contributed by atoms with Crippen LogP contribution in [0.5, 0.6) is 11.5 Å². The lowest BCUT2D eigenvalue weighted by Gasteiger charge is -2.37. The summed E-state index contributed by atoms with van der Waals surface area (Å²) in [5.41, 5.74) is -1.42. The number of H-pyrrole nitrogens is 2. The van der Waals surface area contributed by atoms with Gasteiger partial charge in [-0.2, -0.15) is 5.26 Å². The van der Waals surface area contributed by atoms with Gasteiger partial charge in [0, 0.05) is 43.3 Å². The first-order chi connectivity index (χ1) is 33.6. The third kappa shape index (κ3) is 11.7. The van der Waals surface area contributed by atoms with E-state index in [1.807, 2.05) is 84.9 Å². The Kier molecular flexibility index (Phi) is 16.5. The van der Waals surface area contributed by atoms with Crippen molar-refractivity contribution in [2.45, 2.75) is 82.5 Å². The number of carbonyl (C=O) groups excluding carboxylic acids is 2. The van der Waals surface area contributed by atoms with E-state index in [9.17, 15) is 28.8 Å². The van der Waals surface area contributed by atoms with Crippen LogP contribution in [-0.2, 0) is 59.7 Å². The molecule has 5 aromatic rings. The minimum absolute atomic E-state index is 0.0185. The molecule has 2 N–H and O–H groups in total. The monoisotopic (exact) mass is 1000 g/mol. The van der Waals surface area contributed by atoms with Crippen LogP contribution >= 0.6 is 6.49 Å². The SMILES string of the molecule is COc1ccc(C(OC[C@H]2O[C@@H](n3cc(C)c(=O)[nH]c3=O)C[C@@H]2OP(=S)(CC(=O)OCCC#N)OC[C@H]2O[C@@H](n3cc(C)c(=O)[nH]c3=O)C[C@@H]2OC(C)=O)(c2ccccc2)c2ccc(OC)cc2)cc1. The maximum Gasteiger partial charge on any atom is 0.330 e. The number of methoxy groups -OCH3 is 2. The highest BCUT2D eigenvalue weighted by molar-refractivity contribution is 8.10. The molecule has 22 heteroatoms. The van der Waals surface area contributed by atoms with Crippen LogP contribution < -0.4 is 32.0 Å². The molecule has 20 nitrogen and oxygen atoms in total. The van der Waals surface area contributed by atoms with E-state index in [2.05, 4.69) is 9.97 Å². The molecule has 0 saturated carbocycles. The van der Waals surface area contributed by atoms with Crippen molar-refractivity contribution >= 4 is 30.2 Å². The van der Waals surface area contributed by atoms with Crippen LogP contribution in [-0.4, -0.2) is 95.7 Å². The molecule has 2 aromatic heterocycles. The van der Waals surface area contributed by atoms with Crippen LogP contribution in [0.2, 0.25) is 0 Å². The summed E-state index contributed by atoms with van der Waals surface area (Å²) in [5, 5.41) is 9.14. The molecule has 7 atom stereocenters. The Morgan fingerprint density at radius 3 is 1.77 bits per heavy atom. The van der Waals surface area contributed by atoms with Crippen LogP contribution in [0.4, 0.5) is 0 Å². The van der Waals surface area contributed by atoms with E-state index < -0.39 is 96.2 Å². The van der Waals surface area contributed by atoms with E-state index in [4.69, 9.17) is 59.3 Å². The summed E-state index contributed by atoms with van der Waals surface area (Å²) in [7, 11) is 3.13. The lowest BCUT2D eigenvalue weighted by atomic mass is 9.80. The summed E-state index contributed by atoms with van der Waals surface area (Å²) in [6, 6.07) is 26.1. The number of aromatic nitrogens is 4. The molecule has 4 heterocycles. The minimum atomic E-state index is -3.91. The lowest BCUT2D eigenvalue weighted by molar-refractivity contribution is -0.150. The Hall–Kier alpha value is -6.50. The highest BCUT2D eigenvalue weighted by Crippen LogP contribution is 2.54. The molecule has 0 radical (unpaired) electrons. The molecule has 2 aliphatic heterocycles. The molecule has 2 saturated heterocycles. The van der Waals surface area contributed by atoms with Gasteiger partial charge in [0.1, 0.15) is 60.6 Å². The highest BCUT2D eigenvalue weighted by atomic mass is 32.5. The molecule has 2 fully saturated rings. The number of carbonyl (C=O) groups is 2. The zero-order valence-corrected chi connectivity index (χ0v) is 40.6. The topological polar surface area (TPSA) is 251 Å². The zero-order valence-electron chi connectivity index (χ0n) is 38.9. The number of nitrogens with zero attached hydrogens (tertiary/aromatic N) is 3. The van der Waals surface area contributed by atoms with E-state index in [0.29, 0.717) is 22.6 Å². The first-order valence-corrected chi connectivity index (χ1v) is 24.9. The van der Waals surface area contributed by atoms with E-state index in [0.717, 1.165) is 5.56 Å². The second kappa shape index (κ2) is 22.5. The average Bonchev–Trinajstić information content (AvgIpc) is 3.93. The van der Waals surface area contributed by atoms with Crippen LogP contribution in [0.15, 0.2) is 110 Å². The van der Waals surface area contributed by atoms with E-state index in [-0.39, 0.29) is 43.6 Å². The third-order valence-electron chi connectivity index (χ3n) is 11.8. The van der Waals surface area contributed by atoms with Gasteiger partial charge in [-0.05, 0) is 66.6 Å². The second-order valence-electron chi connectivity index (χ2n) is 16.5. The van der Waals surface area contributed by atoms with Gasteiger partial charge < -0.3 is 42.2 Å². The number of benzene rings is 3. The summed E-state index contributed by atoms with van der Waals surface area (Å²) in [5.74, 6) is -0.282. The molecular weight excluding hydrogens is 950 g/mol. The molecule has 3 aromatic carbocycles. The van der Waals surface area contributed by atoms with Crippen molar-refractivity contribution in [2.24, 2.45) is 0 Å². The largest absolute Gasteiger partial charge is 0.497 e. The van der Waals surface area contributed by atoms with Crippen molar-refractivity contribution < 1.29 is 51.8 Å².